The van der Waals surface area contributed by atoms with E-state index in [0.29, 0.717) is 4.88 Å². The zero-order chi connectivity index (χ0) is 12.8. The van der Waals surface area contributed by atoms with Gasteiger partial charge in [0.05, 0.1) is 11.2 Å². The summed E-state index contributed by atoms with van der Waals surface area (Å²) in [6, 6.07) is 4.02. The van der Waals surface area contributed by atoms with E-state index in [0.717, 1.165) is 10.3 Å². The highest BCUT2D eigenvalue weighted by atomic mass is 32.1. The first kappa shape index (κ1) is 12.6. The van der Waals surface area contributed by atoms with Crippen LogP contribution in [0, 0.1) is 18.3 Å². The fourth-order valence-corrected chi connectivity index (χ4v) is 2.59. The molecule has 2 heterocycles. The molecule has 1 fully saturated rings. The molecule has 90 valence electrons. The van der Waals surface area contributed by atoms with Crippen molar-refractivity contribution in [2.45, 2.75) is 45.8 Å². The standard InChI is InChI=1S/C12H16BNO2S/c1-8-10(6-9(7-14)17-8)13-15-11(2,3)12(4,5)16-13/h6H,1-5H3. The normalized spacial score (nSPS) is 21.5. The van der Waals surface area contributed by atoms with Crippen LogP contribution in [0.25, 0.3) is 0 Å². The molecule has 0 saturated carbocycles. The molecule has 1 aromatic heterocycles. The highest BCUT2D eigenvalue weighted by molar-refractivity contribution is 7.13. The molecule has 1 aliphatic heterocycles. The Morgan fingerprint density at radius 3 is 2.18 bits per heavy atom. The Morgan fingerprint density at radius 1 is 1.24 bits per heavy atom. The molecule has 0 N–H and O–H groups in total. The second-order valence-corrected chi connectivity index (χ2v) is 6.58. The predicted molar refractivity (Wildman–Crippen MR) is 69.5 cm³/mol. The molecule has 5 heteroatoms. The molecule has 0 amide bonds. The molecule has 17 heavy (non-hydrogen) atoms. The molecule has 0 unspecified atom stereocenters. The summed E-state index contributed by atoms with van der Waals surface area (Å²) in [6.07, 6.45) is 0. The zero-order valence-electron chi connectivity index (χ0n) is 10.8. The first-order chi connectivity index (χ1) is 7.77. The summed E-state index contributed by atoms with van der Waals surface area (Å²) in [5.74, 6) is 0. The van der Waals surface area contributed by atoms with Gasteiger partial charge in [-0.1, -0.05) is 0 Å². The van der Waals surface area contributed by atoms with Gasteiger partial charge in [0.15, 0.2) is 0 Å². The summed E-state index contributed by atoms with van der Waals surface area (Å²) >= 11 is 1.48. The predicted octanol–water partition coefficient (Wildman–Crippen LogP) is 2.23. The third kappa shape index (κ3) is 2.01. The lowest BCUT2D eigenvalue weighted by Gasteiger charge is -2.32. The van der Waals surface area contributed by atoms with Gasteiger partial charge in [-0.25, -0.2) is 0 Å². The molecular formula is C12H16BNO2S. The fraction of sp³-hybridized carbons (Fsp3) is 0.583. The van der Waals surface area contributed by atoms with Crippen LogP contribution >= 0.6 is 11.3 Å². The smallest absolute Gasteiger partial charge is 0.399 e. The second-order valence-electron chi connectivity index (χ2n) is 5.32. The van der Waals surface area contributed by atoms with Crippen LogP contribution in [0.5, 0.6) is 0 Å². The Hall–Kier alpha value is -0.825. The van der Waals surface area contributed by atoms with Crippen LogP contribution in [-0.4, -0.2) is 18.3 Å². The number of hydrogen-bond acceptors (Lipinski definition) is 4. The first-order valence-corrected chi connectivity index (χ1v) is 6.44. The average Bonchev–Trinajstić information content (AvgIpc) is 2.66. The van der Waals surface area contributed by atoms with E-state index in [-0.39, 0.29) is 18.3 Å². The third-order valence-corrected chi connectivity index (χ3v) is 4.54. The minimum Gasteiger partial charge on any atom is -0.399 e. The molecule has 3 nitrogen and oxygen atoms in total. The number of rotatable bonds is 1. The van der Waals surface area contributed by atoms with E-state index < -0.39 is 0 Å². The highest BCUT2D eigenvalue weighted by Crippen LogP contribution is 2.37. The second kappa shape index (κ2) is 3.84. The molecule has 1 aliphatic rings. The maximum absolute atomic E-state index is 8.90. The molecular weight excluding hydrogens is 233 g/mol. The monoisotopic (exact) mass is 249 g/mol. The lowest BCUT2D eigenvalue weighted by atomic mass is 9.79. The van der Waals surface area contributed by atoms with Gasteiger partial charge in [-0.2, -0.15) is 5.26 Å². The minimum atomic E-state index is -0.363. The molecule has 0 aliphatic carbocycles. The van der Waals surface area contributed by atoms with Crippen molar-refractivity contribution >= 4 is 23.9 Å². The van der Waals surface area contributed by atoms with E-state index in [1.807, 2.05) is 40.7 Å². The number of hydrogen-bond donors (Lipinski definition) is 0. The molecule has 1 saturated heterocycles. The summed E-state index contributed by atoms with van der Waals surface area (Å²) in [7, 11) is -0.363. The number of nitrogens with zero attached hydrogens (tertiary/aromatic N) is 1. The van der Waals surface area contributed by atoms with Crippen molar-refractivity contribution in [1.82, 2.24) is 0 Å². The van der Waals surface area contributed by atoms with Crippen LogP contribution in [0.3, 0.4) is 0 Å². The van der Waals surface area contributed by atoms with Crippen molar-refractivity contribution in [3.8, 4) is 6.07 Å². The molecule has 2 rings (SSSR count). The molecule has 0 atom stereocenters. The van der Waals surface area contributed by atoms with Gasteiger partial charge in [0, 0.05) is 4.88 Å². The zero-order valence-corrected chi connectivity index (χ0v) is 11.6. The summed E-state index contributed by atoms with van der Waals surface area (Å²) in [5.41, 5.74) is 0.308. The Bertz CT molecular complexity index is 471. The van der Waals surface area contributed by atoms with Crippen LogP contribution in [0.2, 0.25) is 0 Å². The van der Waals surface area contributed by atoms with E-state index in [1.165, 1.54) is 11.3 Å². The molecule has 0 bridgehead atoms. The highest BCUT2D eigenvalue weighted by Gasteiger charge is 2.52. The minimum absolute atomic E-state index is 0.334. The van der Waals surface area contributed by atoms with Gasteiger partial charge in [0.1, 0.15) is 10.9 Å². The molecule has 1 aromatic rings. The van der Waals surface area contributed by atoms with Gasteiger partial charge >= 0.3 is 7.12 Å². The maximum atomic E-state index is 8.90. The van der Waals surface area contributed by atoms with Gasteiger partial charge < -0.3 is 9.31 Å². The molecule has 0 radical (unpaired) electrons. The van der Waals surface area contributed by atoms with Crippen molar-refractivity contribution in [1.29, 1.82) is 5.26 Å². The van der Waals surface area contributed by atoms with E-state index in [9.17, 15) is 0 Å². The summed E-state index contributed by atoms with van der Waals surface area (Å²) in [4.78, 5) is 1.78. The van der Waals surface area contributed by atoms with Crippen molar-refractivity contribution in [2.24, 2.45) is 0 Å². The summed E-state index contributed by atoms with van der Waals surface area (Å²) < 4.78 is 11.9. The SMILES string of the molecule is Cc1sc(C#N)cc1B1OC(C)(C)C(C)(C)O1. The quantitative estimate of drug-likeness (QED) is 0.717. The van der Waals surface area contributed by atoms with Gasteiger partial charge in [-0.15, -0.1) is 11.3 Å². The first-order valence-electron chi connectivity index (χ1n) is 5.63. The van der Waals surface area contributed by atoms with E-state index >= 15 is 0 Å². The van der Waals surface area contributed by atoms with Gasteiger partial charge in [0.2, 0.25) is 0 Å². The Balaban J connectivity index is 2.32. The lowest BCUT2D eigenvalue weighted by Crippen LogP contribution is -2.41. The topological polar surface area (TPSA) is 42.2 Å². The van der Waals surface area contributed by atoms with Gasteiger partial charge in [0.25, 0.3) is 0 Å². The Labute approximate surface area is 106 Å². The molecule has 0 aromatic carbocycles. The van der Waals surface area contributed by atoms with E-state index in [2.05, 4.69) is 6.07 Å². The van der Waals surface area contributed by atoms with Crippen molar-refractivity contribution in [3.63, 3.8) is 0 Å². The lowest BCUT2D eigenvalue weighted by molar-refractivity contribution is 0.00578. The van der Waals surface area contributed by atoms with E-state index in [4.69, 9.17) is 14.6 Å². The fourth-order valence-electron chi connectivity index (χ4n) is 1.76. The number of nitriles is 1. The Morgan fingerprint density at radius 2 is 1.76 bits per heavy atom. The van der Waals surface area contributed by atoms with Gasteiger partial charge in [-0.3, -0.25) is 0 Å². The van der Waals surface area contributed by atoms with Crippen LogP contribution in [0.1, 0.15) is 37.4 Å². The largest absolute Gasteiger partial charge is 0.496 e. The third-order valence-electron chi connectivity index (χ3n) is 3.57. The van der Waals surface area contributed by atoms with Crippen LogP contribution in [-0.2, 0) is 9.31 Å². The average molecular weight is 249 g/mol. The van der Waals surface area contributed by atoms with Crippen molar-refractivity contribution < 1.29 is 9.31 Å². The maximum Gasteiger partial charge on any atom is 0.496 e. The number of thiophene rings is 1. The van der Waals surface area contributed by atoms with E-state index in [1.54, 1.807) is 0 Å². The summed E-state index contributed by atoms with van der Waals surface area (Å²) in [5, 5.41) is 8.90. The van der Waals surface area contributed by atoms with Crippen LogP contribution in [0.4, 0.5) is 0 Å². The van der Waals surface area contributed by atoms with Crippen LogP contribution in [0.15, 0.2) is 6.07 Å². The summed E-state index contributed by atoms with van der Waals surface area (Å²) in [6.45, 7) is 10.1. The van der Waals surface area contributed by atoms with Crippen LogP contribution < -0.4 is 5.46 Å². The van der Waals surface area contributed by atoms with Crippen molar-refractivity contribution in [2.75, 3.05) is 0 Å². The number of aryl methyl sites for hydroxylation is 1. The Kier molecular flexibility index (Phi) is 2.85. The van der Waals surface area contributed by atoms with Crippen molar-refractivity contribution in [3.05, 3.63) is 15.8 Å². The molecule has 0 spiro atoms. The van der Waals surface area contributed by atoms with Gasteiger partial charge in [-0.05, 0) is 46.1 Å².